The van der Waals surface area contributed by atoms with Crippen molar-refractivity contribution < 1.29 is 23.1 Å². The molecule has 1 heterocycles. The molecule has 0 saturated carbocycles. The first-order valence-electron chi connectivity index (χ1n) is 8.47. The topological polar surface area (TPSA) is 59.5 Å². The zero-order valence-electron chi connectivity index (χ0n) is 15.6. The number of anilines is 2. The van der Waals surface area contributed by atoms with Crippen molar-refractivity contribution in [2.75, 3.05) is 12.0 Å². The van der Waals surface area contributed by atoms with Crippen LogP contribution in [0.3, 0.4) is 0 Å². The number of hydrogen-bond acceptors (Lipinski definition) is 5. The fourth-order valence-electron chi connectivity index (χ4n) is 2.56. The summed E-state index contributed by atoms with van der Waals surface area (Å²) in [5.41, 5.74) is 0.779. The Kier molecular flexibility index (Phi) is 6.13. The van der Waals surface area contributed by atoms with Gasteiger partial charge in [-0.25, -0.2) is 13.8 Å². The fourth-order valence-corrected chi connectivity index (χ4v) is 3.41. The number of benzene rings is 2. The fraction of sp³-hybridized carbons (Fsp3) is 0.0952. The van der Waals surface area contributed by atoms with E-state index in [-0.39, 0.29) is 16.6 Å². The van der Waals surface area contributed by atoms with Crippen molar-refractivity contribution in [3.8, 4) is 5.75 Å². The first kappa shape index (κ1) is 20.3. The van der Waals surface area contributed by atoms with Crippen molar-refractivity contribution in [2.24, 2.45) is 0 Å². The summed E-state index contributed by atoms with van der Waals surface area (Å²) in [6, 6.07) is 9.67. The molecule has 29 heavy (non-hydrogen) atoms. The monoisotopic (exact) mass is 414 g/mol. The van der Waals surface area contributed by atoms with E-state index in [1.54, 1.807) is 29.6 Å². The Bertz CT molecular complexity index is 1100. The molecule has 3 rings (SSSR count). The number of aromatic nitrogens is 1. The maximum absolute atomic E-state index is 14.1. The van der Waals surface area contributed by atoms with E-state index in [4.69, 9.17) is 4.74 Å². The van der Waals surface area contributed by atoms with Gasteiger partial charge in [0, 0.05) is 23.9 Å². The Morgan fingerprint density at radius 3 is 2.66 bits per heavy atom. The van der Waals surface area contributed by atoms with Gasteiger partial charge in [0.25, 0.3) is 0 Å². The largest absolute Gasteiger partial charge is 0.497 e. The van der Waals surface area contributed by atoms with Gasteiger partial charge in [0.05, 0.1) is 18.5 Å². The van der Waals surface area contributed by atoms with Crippen molar-refractivity contribution >= 4 is 39.9 Å². The average molecular weight is 414 g/mol. The minimum Gasteiger partial charge on any atom is -0.497 e. The second kappa shape index (κ2) is 8.74. The second-order valence-corrected chi connectivity index (χ2v) is 6.77. The normalized spacial score (nSPS) is 10.9. The summed E-state index contributed by atoms with van der Waals surface area (Å²) in [5.74, 6) is -1.77. The predicted octanol–water partition coefficient (Wildman–Crippen LogP) is 5.01. The van der Waals surface area contributed by atoms with Gasteiger partial charge in [0.15, 0.2) is 10.9 Å². The van der Waals surface area contributed by atoms with Crippen molar-refractivity contribution in [1.82, 2.24) is 4.98 Å². The molecule has 1 aromatic heterocycles. The van der Waals surface area contributed by atoms with Gasteiger partial charge in [0.2, 0.25) is 5.91 Å². The van der Waals surface area contributed by atoms with Gasteiger partial charge < -0.3 is 4.74 Å². The van der Waals surface area contributed by atoms with Gasteiger partial charge in [-0.15, -0.1) is 11.3 Å². The highest BCUT2D eigenvalue weighted by molar-refractivity contribution is 7.14. The van der Waals surface area contributed by atoms with Crippen molar-refractivity contribution in [1.29, 1.82) is 0 Å². The number of allylic oxidation sites excluding steroid dienone is 1. The molecule has 5 nitrogen and oxygen atoms in total. The number of amides is 1. The molecule has 0 bridgehead atoms. The van der Waals surface area contributed by atoms with Gasteiger partial charge in [0.1, 0.15) is 17.4 Å². The number of carbonyl (C=O) groups is 2. The average Bonchev–Trinajstić information content (AvgIpc) is 3.16. The maximum Gasteiger partial charge on any atom is 0.230 e. The van der Waals surface area contributed by atoms with Crippen LogP contribution in [0.2, 0.25) is 0 Å². The van der Waals surface area contributed by atoms with E-state index in [2.05, 4.69) is 4.98 Å². The first-order valence-corrected chi connectivity index (χ1v) is 9.34. The Hall–Kier alpha value is -3.39. The van der Waals surface area contributed by atoms with Crippen LogP contribution < -0.4 is 9.64 Å². The van der Waals surface area contributed by atoms with Gasteiger partial charge in [-0.3, -0.25) is 14.5 Å². The third-order valence-corrected chi connectivity index (χ3v) is 4.77. The third kappa shape index (κ3) is 4.72. The molecule has 0 aliphatic heterocycles. The first-order chi connectivity index (χ1) is 13.9. The molecular formula is C21H16F2N2O3S. The Morgan fingerprint density at radius 1 is 1.17 bits per heavy atom. The number of thiazole rings is 1. The number of carbonyl (C=O) groups excluding carboxylic acids is 2. The van der Waals surface area contributed by atoms with Gasteiger partial charge in [-0.2, -0.15) is 0 Å². The van der Waals surface area contributed by atoms with Crippen LogP contribution in [-0.4, -0.2) is 23.8 Å². The number of hydrogen-bond donors (Lipinski definition) is 0. The third-order valence-electron chi connectivity index (χ3n) is 3.93. The SMILES string of the molecule is COc1cccc(C(=O)/C=C/c2csc(N(C(C)=O)c3ccc(F)cc3F)n2)c1. The maximum atomic E-state index is 14.1. The standard InChI is InChI=1S/C21H16F2N2O3S/c1-13(26)25(19-8-6-15(22)11-18(19)23)21-24-16(12-29-21)7-9-20(27)14-4-3-5-17(10-14)28-2/h3-12H,1-2H3/b9-7+. The molecule has 0 saturated heterocycles. The van der Waals surface area contributed by atoms with Crippen LogP contribution in [0, 0.1) is 11.6 Å². The lowest BCUT2D eigenvalue weighted by Gasteiger charge is -2.18. The van der Waals surface area contributed by atoms with Crippen LogP contribution in [0.4, 0.5) is 19.6 Å². The molecule has 0 atom stereocenters. The van der Waals surface area contributed by atoms with Crippen LogP contribution in [0.15, 0.2) is 53.9 Å². The number of methoxy groups -OCH3 is 1. The molecule has 1 amide bonds. The Morgan fingerprint density at radius 2 is 1.97 bits per heavy atom. The minimum atomic E-state index is -0.874. The van der Waals surface area contributed by atoms with Crippen molar-refractivity contribution in [2.45, 2.75) is 6.92 Å². The summed E-state index contributed by atoms with van der Waals surface area (Å²) in [6.45, 7) is 1.26. The Balaban J connectivity index is 1.83. The minimum absolute atomic E-state index is 0.101. The molecule has 0 radical (unpaired) electrons. The lowest BCUT2D eigenvalue weighted by Crippen LogP contribution is -2.23. The van der Waals surface area contributed by atoms with Crippen LogP contribution in [0.5, 0.6) is 5.75 Å². The van der Waals surface area contributed by atoms with E-state index in [1.807, 2.05) is 0 Å². The van der Waals surface area contributed by atoms with Crippen LogP contribution >= 0.6 is 11.3 Å². The van der Waals surface area contributed by atoms with E-state index in [0.717, 1.165) is 22.3 Å². The Labute approximate surface area is 169 Å². The summed E-state index contributed by atoms with van der Waals surface area (Å²) in [6.07, 6.45) is 2.85. The summed E-state index contributed by atoms with van der Waals surface area (Å²) in [4.78, 5) is 29.7. The highest BCUT2D eigenvalue weighted by Crippen LogP contribution is 2.31. The summed E-state index contributed by atoms with van der Waals surface area (Å²) >= 11 is 1.10. The highest BCUT2D eigenvalue weighted by Gasteiger charge is 2.21. The van der Waals surface area contributed by atoms with Gasteiger partial charge >= 0.3 is 0 Å². The molecule has 0 spiro atoms. The number of ether oxygens (including phenoxy) is 1. The smallest absolute Gasteiger partial charge is 0.230 e. The lowest BCUT2D eigenvalue weighted by molar-refractivity contribution is -0.115. The zero-order valence-corrected chi connectivity index (χ0v) is 16.4. The van der Waals surface area contributed by atoms with E-state index >= 15 is 0 Å². The molecule has 3 aromatic rings. The molecule has 0 fully saturated rings. The summed E-state index contributed by atoms with van der Waals surface area (Å²) in [5, 5.41) is 1.83. The molecule has 0 aliphatic carbocycles. The lowest BCUT2D eigenvalue weighted by atomic mass is 10.1. The molecular weight excluding hydrogens is 398 g/mol. The quantitative estimate of drug-likeness (QED) is 0.420. The van der Waals surface area contributed by atoms with Gasteiger partial charge in [-0.05, 0) is 36.4 Å². The predicted molar refractivity (Wildman–Crippen MR) is 108 cm³/mol. The van der Waals surface area contributed by atoms with E-state index in [1.165, 1.54) is 32.3 Å². The molecule has 2 aromatic carbocycles. The van der Waals surface area contributed by atoms with E-state index in [9.17, 15) is 18.4 Å². The number of halogens is 2. The van der Waals surface area contributed by atoms with Crippen LogP contribution in [0.25, 0.3) is 6.08 Å². The zero-order chi connectivity index (χ0) is 21.0. The molecule has 0 N–H and O–H groups in total. The van der Waals surface area contributed by atoms with Gasteiger partial charge in [-0.1, -0.05) is 12.1 Å². The number of nitrogens with zero attached hydrogens (tertiary/aromatic N) is 2. The van der Waals surface area contributed by atoms with Crippen LogP contribution in [0.1, 0.15) is 23.0 Å². The molecule has 0 aliphatic rings. The van der Waals surface area contributed by atoms with Crippen molar-refractivity contribution in [3.63, 3.8) is 0 Å². The molecule has 0 unspecified atom stereocenters. The van der Waals surface area contributed by atoms with E-state index < -0.39 is 17.5 Å². The second-order valence-electron chi connectivity index (χ2n) is 5.93. The number of ketones is 1. The van der Waals surface area contributed by atoms with Crippen molar-refractivity contribution in [3.05, 3.63) is 76.8 Å². The molecule has 8 heteroatoms. The van der Waals surface area contributed by atoms with E-state index in [0.29, 0.717) is 23.1 Å². The summed E-state index contributed by atoms with van der Waals surface area (Å²) < 4.78 is 32.4. The molecule has 148 valence electrons. The highest BCUT2D eigenvalue weighted by atomic mass is 32.1. The van der Waals surface area contributed by atoms with Crippen LogP contribution in [-0.2, 0) is 4.79 Å². The number of rotatable bonds is 6. The summed E-state index contributed by atoms with van der Waals surface area (Å²) in [7, 11) is 1.51.